The summed E-state index contributed by atoms with van der Waals surface area (Å²) in [5.74, 6) is -1.06. The minimum atomic E-state index is -2.61. The van der Waals surface area contributed by atoms with Gasteiger partial charge >= 0.3 is 5.97 Å². The first kappa shape index (κ1) is 19.1. The highest BCUT2D eigenvalue weighted by atomic mass is 19.3. The van der Waals surface area contributed by atoms with Gasteiger partial charge in [-0.15, -0.1) is 0 Å². The second-order valence-corrected chi connectivity index (χ2v) is 6.55. The van der Waals surface area contributed by atoms with Gasteiger partial charge in [0.05, 0.1) is 12.1 Å². The monoisotopic (exact) mass is 355 g/mol. The first-order valence-electron chi connectivity index (χ1n) is 8.42. The van der Waals surface area contributed by atoms with Gasteiger partial charge in [-0.05, 0) is 30.4 Å². The van der Waals surface area contributed by atoms with E-state index in [-0.39, 0.29) is 24.5 Å². The molecule has 1 amide bonds. The molecular weight excluding hydrogens is 332 g/mol. The minimum absolute atomic E-state index is 0.0377. The van der Waals surface area contributed by atoms with Crippen molar-refractivity contribution in [1.29, 1.82) is 0 Å². The van der Waals surface area contributed by atoms with Gasteiger partial charge < -0.3 is 15.2 Å². The number of carbonyl (C=O) groups is 2. The molecule has 1 aromatic rings. The molecule has 138 valence electrons. The second-order valence-electron chi connectivity index (χ2n) is 6.55. The van der Waals surface area contributed by atoms with Crippen molar-refractivity contribution >= 4 is 17.6 Å². The first-order valence-corrected chi connectivity index (χ1v) is 8.42. The number of nitrogens with one attached hydrogen (secondary N) is 1. The molecule has 1 aromatic carbocycles. The van der Waals surface area contributed by atoms with E-state index in [9.17, 15) is 23.5 Å². The number of hydrogen-bond acceptors (Lipinski definition) is 3. The quantitative estimate of drug-likeness (QED) is 0.737. The molecule has 1 fully saturated rings. The Hall–Kier alpha value is -2.18. The summed E-state index contributed by atoms with van der Waals surface area (Å²) >= 11 is 0. The summed E-state index contributed by atoms with van der Waals surface area (Å²) in [7, 11) is 0. The number of alkyl halides is 2. The fourth-order valence-electron chi connectivity index (χ4n) is 3.42. The molecule has 0 radical (unpaired) electrons. The van der Waals surface area contributed by atoms with E-state index in [2.05, 4.69) is 5.32 Å². The van der Waals surface area contributed by atoms with Gasteiger partial charge in [-0.1, -0.05) is 31.4 Å². The van der Waals surface area contributed by atoms with Crippen LogP contribution in [0.15, 0.2) is 24.3 Å². The first-order chi connectivity index (χ1) is 11.9. The van der Waals surface area contributed by atoms with Crippen molar-refractivity contribution < 1.29 is 28.2 Å². The Balaban J connectivity index is 2.04. The summed E-state index contributed by atoms with van der Waals surface area (Å²) in [6, 6.07) is 6.37. The fourth-order valence-corrected chi connectivity index (χ4v) is 3.42. The minimum Gasteiger partial charge on any atom is -0.485 e. The molecule has 0 spiro atoms. The van der Waals surface area contributed by atoms with Crippen molar-refractivity contribution in [2.45, 2.75) is 51.4 Å². The van der Waals surface area contributed by atoms with E-state index in [0.29, 0.717) is 18.5 Å². The van der Waals surface area contributed by atoms with Crippen LogP contribution in [0.4, 0.5) is 14.5 Å². The molecule has 0 saturated heterocycles. The number of benzene rings is 1. The Labute approximate surface area is 145 Å². The molecule has 1 aliphatic rings. The molecule has 5 nitrogen and oxygen atoms in total. The van der Waals surface area contributed by atoms with Crippen LogP contribution in [0.5, 0.6) is 5.75 Å². The third-order valence-corrected chi connectivity index (χ3v) is 4.50. The van der Waals surface area contributed by atoms with Gasteiger partial charge in [0.25, 0.3) is 6.43 Å². The fraction of sp³-hybridized carbons (Fsp3) is 0.556. The van der Waals surface area contributed by atoms with Gasteiger partial charge in [-0.3, -0.25) is 9.59 Å². The highest BCUT2D eigenvalue weighted by Crippen LogP contribution is 2.42. The van der Waals surface area contributed by atoms with E-state index in [1.54, 1.807) is 18.2 Å². The smallest absolute Gasteiger partial charge is 0.303 e. The lowest BCUT2D eigenvalue weighted by molar-refractivity contribution is -0.140. The third-order valence-electron chi connectivity index (χ3n) is 4.50. The molecule has 0 bridgehead atoms. The molecule has 2 rings (SSSR count). The zero-order valence-corrected chi connectivity index (χ0v) is 14.0. The standard InChI is InChI=1S/C18H23F2NO4/c19-15(20)12-25-14-7-3-2-6-13(14)21-16(22)10-18(11-17(23)24)8-4-1-5-9-18/h2-3,6-7,15H,1,4-5,8-12H2,(H,21,22)(H,23,24). The van der Waals surface area contributed by atoms with Crippen LogP contribution in [-0.2, 0) is 9.59 Å². The van der Waals surface area contributed by atoms with Crippen LogP contribution in [-0.4, -0.2) is 30.0 Å². The van der Waals surface area contributed by atoms with Crippen LogP contribution in [0, 0.1) is 5.41 Å². The average Bonchev–Trinajstić information content (AvgIpc) is 2.53. The lowest BCUT2D eigenvalue weighted by atomic mass is 9.69. The number of amides is 1. The van der Waals surface area contributed by atoms with Crippen molar-refractivity contribution in [1.82, 2.24) is 0 Å². The Morgan fingerprint density at radius 2 is 1.84 bits per heavy atom. The molecule has 1 saturated carbocycles. The molecule has 1 aliphatic carbocycles. The summed E-state index contributed by atoms with van der Waals surface area (Å²) < 4.78 is 29.7. The van der Waals surface area contributed by atoms with E-state index in [4.69, 9.17) is 4.74 Å². The molecule has 0 heterocycles. The van der Waals surface area contributed by atoms with Crippen LogP contribution < -0.4 is 10.1 Å². The third kappa shape index (κ3) is 5.99. The van der Waals surface area contributed by atoms with Gasteiger partial charge in [0.2, 0.25) is 5.91 Å². The predicted molar refractivity (Wildman–Crippen MR) is 89.0 cm³/mol. The highest BCUT2D eigenvalue weighted by Gasteiger charge is 2.36. The Bertz CT molecular complexity index is 600. The number of aliphatic carboxylic acids is 1. The largest absolute Gasteiger partial charge is 0.485 e. The highest BCUT2D eigenvalue weighted by molar-refractivity contribution is 5.93. The van der Waals surface area contributed by atoms with Crippen LogP contribution in [0.2, 0.25) is 0 Å². The van der Waals surface area contributed by atoms with Crippen LogP contribution in [0.25, 0.3) is 0 Å². The number of hydrogen-bond donors (Lipinski definition) is 2. The Kier molecular flexibility index (Phi) is 6.73. The summed E-state index contributed by atoms with van der Waals surface area (Å²) in [6.07, 6.45) is 1.74. The number of para-hydroxylation sites is 2. The summed E-state index contributed by atoms with van der Waals surface area (Å²) in [5, 5.41) is 11.9. The van der Waals surface area contributed by atoms with Gasteiger partial charge in [-0.2, -0.15) is 0 Å². The maximum atomic E-state index is 12.4. The number of halogens is 2. The van der Waals surface area contributed by atoms with E-state index < -0.39 is 24.4 Å². The molecule has 25 heavy (non-hydrogen) atoms. The summed E-state index contributed by atoms with van der Waals surface area (Å²) in [6.45, 7) is -0.754. The SMILES string of the molecule is O=C(O)CC1(CC(=O)Nc2ccccc2OCC(F)F)CCCCC1. The molecule has 0 unspecified atom stereocenters. The molecule has 2 N–H and O–H groups in total. The zero-order valence-electron chi connectivity index (χ0n) is 14.0. The van der Waals surface area contributed by atoms with E-state index in [1.807, 2.05) is 0 Å². The van der Waals surface area contributed by atoms with Crippen molar-refractivity contribution in [3.05, 3.63) is 24.3 Å². The van der Waals surface area contributed by atoms with Gasteiger partial charge in [0, 0.05) is 6.42 Å². The molecule has 0 atom stereocenters. The predicted octanol–water partition coefficient (Wildman–Crippen LogP) is 4.08. The van der Waals surface area contributed by atoms with E-state index >= 15 is 0 Å². The number of anilines is 1. The molecule has 0 aliphatic heterocycles. The topological polar surface area (TPSA) is 75.6 Å². The average molecular weight is 355 g/mol. The number of ether oxygens (including phenoxy) is 1. The maximum absolute atomic E-state index is 12.4. The van der Waals surface area contributed by atoms with E-state index in [0.717, 1.165) is 19.3 Å². The lowest BCUT2D eigenvalue weighted by Crippen LogP contribution is -2.32. The molecular formula is C18H23F2NO4. The van der Waals surface area contributed by atoms with E-state index in [1.165, 1.54) is 6.07 Å². The summed E-state index contributed by atoms with van der Waals surface area (Å²) in [4.78, 5) is 23.6. The summed E-state index contributed by atoms with van der Waals surface area (Å²) in [5.41, 5.74) is -0.220. The second kappa shape index (κ2) is 8.78. The van der Waals surface area contributed by atoms with Crippen LogP contribution in [0.3, 0.4) is 0 Å². The van der Waals surface area contributed by atoms with Crippen molar-refractivity contribution in [3.63, 3.8) is 0 Å². The number of carboxylic acid groups (broad SMARTS) is 1. The van der Waals surface area contributed by atoms with Crippen LogP contribution in [0.1, 0.15) is 44.9 Å². The number of carbonyl (C=O) groups excluding carboxylic acids is 1. The molecule has 7 heteroatoms. The lowest BCUT2D eigenvalue weighted by Gasteiger charge is -2.35. The number of carboxylic acids is 1. The maximum Gasteiger partial charge on any atom is 0.303 e. The van der Waals surface area contributed by atoms with Crippen LogP contribution >= 0.6 is 0 Å². The molecule has 0 aromatic heterocycles. The van der Waals surface area contributed by atoms with Gasteiger partial charge in [0.15, 0.2) is 0 Å². The normalized spacial score (nSPS) is 16.4. The van der Waals surface area contributed by atoms with Gasteiger partial charge in [-0.25, -0.2) is 8.78 Å². The Morgan fingerprint density at radius 3 is 2.48 bits per heavy atom. The zero-order chi connectivity index (χ0) is 18.3. The van der Waals surface area contributed by atoms with Crippen molar-refractivity contribution in [2.75, 3.05) is 11.9 Å². The van der Waals surface area contributed by atoms with Gasteiger partial charge in [0.1, 0.15) is 12.4 Å². The van der Waals surface area contributed by atoms with Crippen molar-refractivity contribution in [3.8, 4) is 5.75 Å². The van der Waals surface area contributed by atoms with Crippen molar-refractivity contribution in [2.24, 2.45) is 5.41 Å². The Morgan fingerprint density at radius 1 is 1.16 bits per heavy atom. The number of rotatable bonds is 8.